The van der Waals surface area contributed by atoms with Gasteiger partial charge < -0.3 is 15.4 Å². The number of allylic oxidation sites excluding steroid dienone is 5. The van der Waals surface area contributed by atoms with E-state index in [2.05, 4.69) is 4.99 Å². The zero-order valence-electron chi connectivity index (χ0n) is 15.1. The lowest BCUT2D eigenvalue weighted by Gasteiger charge is -2.27. The van der Waals surface area contributed by atoms with Gasteiger partial charge in [-0.15, -0.1) is 0 Å². The van der Waals surface area contributed by atoms with Crippen molar-refractivity contribution in [3.8, 4) is 0 Å². The Balaban J connectivity index is 1.50. The smallest absolute Gasteiger partial charge is 0.414 e. The topological polar surface area (TPSA) is 88.2 Å². The summed E-state index contributed by atoms with van der Waals surface area (Å²) in [6.45, 7) is 1.33. The zero-order chi connectivity index (χ0) is 19.0. The van der Waals surface area contributed by atoms with Crippen LogP contribution in [0.3, 0.4) is 0 Å². The van der Waals surface area contributed by atoms with Gasteiger partial charge in [0, 0.05) is 44.2 Å². The molecule has 0 saturated carbocycles. The first-order valence-electron chi connectivity index (χ1n) is 9.36. The highest BCUT2D eigenvalue weighted by Crippen LogP contribution is 2.34. The fraction of sp³-hybridized carbons (Fsp3) is 0.526. The summed E-state index contributed by atoms with van der Waals surface area (Å²) in [7, 11) is 0. The molecule has 4 rings (SSSR count). The van der Waals surface area contributed by atoms with Crippen LogP contribution in [0.4, 0.5) is 9.18 Å². The molecule has 27 heavy (non-hydrogen) atoms. The van der Waals surface area contributed by atoms with E-state index in [0.29, 0.717) is 37.1 Å². The predicted molar refractivity (Wildman–Crippen MR) is 97.4 cm³/mol. The highest BCUT2D eigenvalue weighted by atomic mass is 19.1. The fourth-order valence-corrected chi connectivity index (χ4v) is 3.91. The lowest BCUT2D eigenvalue weighted by molar-refractivity contribution is -0.124. The molecule has 8 heteroatoms. The van der Waals surface area contributed by atoms with Crippen LogP contribution in [-0.4, -0.2) is 59.5 Å². The lowest BCUT2D eigenvalue weighted by Crippen LogP contribution is -2.33. The van der Waals surface area contributed by atoms with Crippen molar-refractivity contribution in [2.24, 2.45) is 10.7 Å². The standard InChI is InChI=1S/C19H23FN4O3/c20-16-8-13(24-11-14(9-21)27-19(24)26)4-5-15(16)12-3-6-17(22-10-12)23-7-1-2-18(23)25/h4-5,10,14,16H,1-3,6-9,11,21H2. The Labute approximate surface area is 157 Å². The number of carbonyl (C=O) groups excluding carboxylic acids is 2. The molecule has 0 bridgehead atoms. The normalized spacial score (nSPS) is 28.7. The largest absolute Gasteiger partial charge is 0.443 e. The van der Waals surface area contributed by atoms with Crippen LogP contribution < -0.4 is 5.73 Å². The molecule has 144 valence electrons. The van der Waals surface area contributed by atoms with Gasteiger partial charge in [-0.1, -0.05) is 6.08 Å². The highest BCUT2D eigenvalue weighted by Gasteiger charge is 2.35. The number of rotatable bonds is 3. The molecule has 0 aromatic carbocycles. The van der Waals surface area contributed by atoms with E-state index in [1.165, 1.54) is 4.90 Å². The molecule has 2 saturated heterocycles. The van der Waals surface area contributed by atoms with Gasteiger partial charge in [-0.05, 0) is 30.1 Å². The van der Waals surface area contributed by atoms with Crippen LogP contribution in [0.5, 0.6) is 0 Å². The molecule has 1 aliphatic carbocycles. The molecule has 3 aliphatic heterocycles. The van der Waals surface area contributed by atoms with Gasteiger partial charge in [0.1, 0.15) is 18.1 Å². The molecule has 2 unspecified atom stereocenters. The maximum absolute atomic E-state index is 14.8. The Bertz CT molecular complexity index is 786. The number of hydrogen-bond acceptors (Lipinski definition) is 5. The van der Waals surface area contributed by atoms with Crippen molar-refractivity contribution in [1.82, 2.24) is 9.80 Å². The van der Waals surface area contributed by atoms with E-state index in [1.807, 2.05) is 0 Å². The van der Waals surface area contributed by atoms with Crippen LogP contribution in [0.25, 0.3) is 0 Å². The summed E-state index contributed by atoms with van der Waals surface area (Å²) in [5.74, 6) is 0.892. The highest BCUT2D eigenvalue weighted by molar-refractivity contribution is 6.00. The number of aliphatic imine (C=N–C) groups is 1. The van der Waals surface area contributed by atoms with Crippen molar-refractivity contribution in [2.75, 3.05) is 19.6 Å². The van der Waals surface area contributed by atoms with Crippen molar-refractivity contribution in [3.05, 3.63) is 35.2 Å². The summed E-state index contributed by atoms with van der Waals surface area (Å²) in [5.41, 5.74) is 7.59. The van der Waals surface area contributed by atoms with Crippen LogP contribution in [0.15, 0.2) is 40.2 Å². The molecule has 4 aliphatic rings. The molecule has 0 aromatic heterocycles. The second kappa shape index (κ2) is 7.26. The van der Waals surface area contributed by atoms with Crippen molar-refractivity contribution >= 4 is 17.8 Å². The predicted octanol–water partition coefficient (Wildman–Crippen LogP) is 2.02. The van der Waals surface area contributed by atoms with Gasteiger partial charge in [-0.3, -0.25) is 9.69 Å². The molecule has 2 amide bonds. The maximum Gasteiger partial charge on any atom is 0.414 e. The average molecular weight is 374 g/mol. The summed E-state index contributed by atoms with van der Waals surface area (Å²) >= 11 is 0. The van der Waals surface area contributed by atoms with Gasteiger partial charge in [0.2, 0.25) is 5.91 Å². The number of likely N-dealkylation sites (tertiary alicyclic amines) is 1. The quantitative estimate of drug-likeness (QED) is 0.819. The van der Waals surface area contributed by atoms with E-state index < -0.39 is 12.3 Å². The third-order valence-electron chi connectivity index (χ3n) is 5.41. The number of amides is 2. The van der Waals surface area contributed by atoms with Crippen molar-refractivity contribution in [2.45, 2.75) is 44.4 Å². The molecular formula is C19H23FN4O3. The van der Waals surface area contributed by atoms with E-state index in [9.17, 15) is 14.0 Å². The summed E-state index contributed by atoms with van der Waals surface area (Å²) in [6, 6.07) is 0. The van der Waals surface area contributed by atoms with E-state index in [4.69, 9.17) is 10.5 Å². The molecule has 7 nitrogen and oxygen atoms in total. The minimum Gasteiger partial charge on any atom is -0.443 e. The van der Waals surface area contributed by atoms with Gasteiger partial charge >= 0.3 is 6.09 Å². The molecule has 2 atom stereocenters. The van der Waals surface area contributed by atoms with Crippen LogP contribution in [0, 0.1) is 0 Å². The molecule has 0 radical (unpaired) electrons. The molecule has 0 aromatic rings. The third-order valence-corrected chi connectivity index (χ3v) is 5.41. The van der Waals surface area contributed by atoms with Crippen molar-refractivity contribution in [3.63, 3.8) is 0 Å². The number of cyclic esters (lactones) is 1. The van der Waals surface area contributed by atoms with E-state index in [0.717, 1.165) is 24.4 Å². The lowest BCUT2D eigenvalue weighted by atomic mass is 9.90. The van der Waals surface area contributed by atoms with Crippen LogP contribution in [0.1, 0.15) is 32.1 Å². The second-order valence-corrected chi connectivity index (χ2v) is 7.15. The number of alkyl halides is 1. The van der Waals surface area contributed by atoms with Crippen LogP contribution in [-0.2, 0) is 9.53 Å². The first-order chi connectivity index (χ1) is 13.1. The summed E-state index contributed by atoms with van der Waals surface area (Å²) < 4.78 is 20.0. The SMILES string of the molecule is NCC1CN(C2=CC=C(C3=CN=C(N4CCCC4=O)CC3)C(F)C2)C(=O)O1. The van der Waals surface area contributed by atoms with Crippen LogP contribution in [0.2, 0.25) is 0 Å². The Morgan fingerprint density at radius 1 is 1.22 bits per heavy atom. The molecule has 0 spiro atoms. The molecule has 2 fully saturated rings. The number of nitrogens with two attached hydrogens (primary N) is 1. The van der Waals surface area contributed by atoms with Gasteiger partial charge in [-0.2, -0.15) is 0 Å². The number of halogens is 1. The summed E-state index contributed by atoms with van der Waals surface area (Å²) in [5, 5.41) is 0. The fourth-order valence-electron chi connectivity index (χ4n) is 3.91. The number of carbonyl (C=O) groups is 2. The number of ether oxygens (including phenoxy) is 1. The number of hydrogen-bond donors (Lipinski definition) is 1. The third kappa shape index (κ3) is 3.41. The van der Waals surface area contributed by atoms with E-state index in [-0.39, 0.29) is 25.0 Å². The first kappa shape index (κ1) is 17.9. The first-order valence-corrected chi connectivity index (χ1v) is 9.36. The van der Waals surface area contributed by atoms with E-state index in [1.54, 1.807) is 23.3 Å². The minimum atomic E-state index is -1.20. The van der Waals surface area contributed by atoms with Gasteiger partial charge in [-0.25, -0.2) is 14.2 Å². The van der Waals surface area contributed by atoms with Gasteiger partial charge in [0.25, 0.3) is 0 Å². The molecular weight excluding hydrogens is 351 g/mol. The Morgan fingerprint density at radius 3 is 2.67 bits per heavy atom. The molecule has 2 N–H and O–H groups in total. The monoisotopic (exact) mass is 374 g/mol. The number of nitrogens with zero attached hydrogens (tertiary/aromatic N) is 3. The Morgan fingerprint density at radius 2 is 2.07 bits per heavy atom. The average Bonchev–Trinajstić information content (AvgIpc) is 3.27. The minimum absolute atomic E-state index is 0.117. The Kier molecular flexibility index (Phi) is 4.82. The molecule has 3 heterocycles. The summed E-state index contributed by atoms with van der Waals surface area (Å²) in [4.78, 5) is 31.4. The zero-order valence-corrected chi connectivity index (χ0v) is 15.1. The van der Waals surface area contributed by atoms with Crippen molar-refractivity contribution in [1.29, 1.82) is 0 Å². The van der Waals surface area contributed by atoms with E-state index >= 15 is 0 Å². The second-order valence-electron chi connectivity index (χ2n) is 7.15. The van der Waals surface area contributed by atoms with Crippen molar-refractivity contribution < 1.29 is 18.7 Å². The van der Waals surface area contributed by atoms with Gasteiger partial charge in [0.15, 0.2) is 0 Å². The van der Waals surface area contributed by atoms with Gasteiger partial charge in [0.05, 0.1) is 6.54 Å². The maximum atomic E-state index is 14.8. The summed E-state index contributed by atoms with van der Waals surface area (Å²) in [6.07, 6.45) is 6.00. The van der Waals surface area contributed by atoms with Crippen LogP contribution >= 0.6 is 0 Å². The number of amidine groups is 1. The Hall–Kier alpha value is -2.48.